The van der Waals surface area contributed by atoms with E-state index < -0.39 is 22.7 Å². The maximum Gasteiger partial charge on any atom is 0.402 e. The van der Waals surface area contributed by atoms with Crippen LogP contribution in [0.1, 0.15) is 6.92 Å². The molecule has 0 saturated heterocycles. The third-order valence-corrected chi connectivity index (χ3v) is 4.14. The van der Waals surface area contributed by atoms with Gasteiger partial charge in [-0.3, -0.25) is 0 Å². The second kappa shape index (κ2) is 5.72. The van der Waals surface area contributed by atoms with Crippen LogP contribution in [0.25, 0.3) is 0 Å². The Morgan fingerprint density at radius 1 is 1.47 bits per heavy atom. The summed E-state index contributed by atoms with van der Waals surface area (Å²) >= 11 is 0. The summed E-state index contributed by atoms with van der Waals surface area (Å²) in [6.45, 7) is -0.512. The first kappa shape index (κ1) is 15.7. The van der Waals surface area contributed by atoms with Gasteiger partial charge in [-0.15, -0.1) is 0 Å². The maximum atomic E-state index is 12.3. The Balaban J connectivity index is 3.13. The normalized spacial score (nSPS) is 12.7. The quantitative estimate of drug-likeness (QED) is 0.624. The molecule has 0 unspecified atom stereocenters. The number of sulfonamides is 1. The molecule has 0 aliphatic heterocycles. The Morgan fingerprint density at radius 2 is 2.11 bits per heavy atom. The number of nitrogens with one attached hydrogen (secondary N) is 1. The average molecular weight is 298 g/mol. The van der Waals surface area contributed by atoms with Crippen molar-refractivity contribution in [2.45, 2.75) is 18.0 Å². The van der Waals surface area contributed by atoms with Gasteiger partial charge in [0, 0.05) is 18.8 Å². The van der Waals surface area contributed by atoms with E-state index in [-0.39, 0.29) is 17.3 Å². The maximum absolute atomic E-state index is 12.3. The van der Waals surface area contributed by atoms with E-state index in [9.17, 15) is 21.6 Å². The van der Waals surface area contributed by atoms with E-state index in [4.69, 9.17) is 5.84 Å². The first-order valence-electron chi connectivity index (χ1n) is 5.20. The molecule has 0 fully saturated rings. The molecule has 0 atom stereocenters. The van der Waals surface area contributed by atoms with Crippen LogP contribution in [0.15, 0.2) is 23.2 Å². The molecule has 19 heavy (non-hydrogen) atoms. The number of rotatable bonds is 5. The number of alkyl halides is 3. The molecule has 0 aliphatic carbocycles. The zero-order chi connectivity index (χ0) is 14.7. The molecular weight excluding hydrogens is 285 g/mol. The second-order valence-electron chi connectivity index (χ2n) is 3.57. The molecule has 0 aliphatic rings. The van der Waals surface area contributed by atoms with Crippen LogP contribution in [0, 0.1) is 0 Å². The number of aromatic nitrogens is 1. The van der Waals surface area contributed by atoms with E-state index in [1.807, 2.05) is 0 Å². The van der Waals surface area contributed by atoms with Crippen molar-refractivity contribution in [3.8, 4) is 0 Å². The monoisotopic (exact) mass is 298 g/mol. The van der Waals surface area contributed by atoms with Crippen molar-refractivity contribution in [3.05, 3.63) is 18.3 Å². The summed E-state index contributed by atoms with van der Waals surface area (Å²) in [4.78, 5) is 3.39. The minimum Gasteiger partial charge on any atom is -0.308 e. The smallest absolute Gasteiger partial charge is 0.308 e. The van der Waals surface area contributed by atoms with Crippen molar-refractivity contribution < 1.29 is 21.6 Å². The zero-order valence-electron chi connectivity index (χ0n) is 9.98. The van der Waals surface area contributed by atoms with Crippen LogP contribution in [-0.2, 0) is 10.0 Å². The number of hydrazine groups is 1. The predicted molar refractivity (Wildman–Crippen MR) is 62.5 cm³/mol. The Kier molecular flexibility index (Phi) is 4.71. The lowest BCUT2D eigenvalue weighted by Gasteiger charge is -2.21. The van der Waals surface area contributed by atoms with Crippen LogP contribution in [-0.4, -0.2) is 37.0 Å². The molecule has 0 radical (unpaired) electrons. The number of anilines is 1. The van der Waals surface area contributed by atoms with Crippen LogP contribution >= 0.6 is 0 Å². The standard InChI is InChI=1S/C9H13F3N4O2S/c1-2-16(6-9(10,11)12)19(17,18)7-3-4-14-8(5-7)15-13/h3-5H,2,6,13H2,1H3,(H,14,15). The molecule has 1 aromatic heterocycles. The van der Waals surface area contributed by atoms with Crippen LogP contribution in [0.2, 0.25) is 0 Å². The topological polar surface area (TPSA) is 88.3 Å². The van der Waals surface area contributed by atoms with Crippen molar-refractivity contribution in [1.29, 1.82) is 0 Å². The van der Waals surface area contributed by atoms with E-state index >= 15 is 0 Å². The fraction of sp³-hybridized carbons (Fsp3) is 0.444. The van der Waals surface area contributed by atoms with Crippen LogP contribution in [0.4, 0.5) is 19.0 Å². The van der Waals surface area contributed by atoms with Gasteiger partial charge < -0.3 is 5.43 Å². The van der Waals surface area contributed by atoms with Gasteiger partial charge in [0.1, 0.15) is 12.4 Å². The largest absolute Gasteiger partial charge is 0.402 e. The van der Waals surface area contributed by atoms with E-state index in [0.717, 1.165) is 18.3 Å². The summed E-state index contributed by atoms with van der Waals surface area (Å²) < 4.78 is 61.4. The van der Waals surface area contributed by atoms with Gasteiger partial charge in [0.05, 0.1) is 4.90 Å². The fourth-order valence-electron chi connectivity index (χ4n) is 1.37. The predicted octanol–water partition coefficient (Wildman–Crippen LogP) is 0.940. The van der Waals surface area contributed by atoms with Gasteiger partial charge in [-0.25, -0.2) is 19.2 Å². The molecule has 0 amide bonds. The summed E-state index contributed by atoms with van der Waals surface area (Å²) in [7, 11) is -4.24. The molecule has 6 nitrogen and oxygen atoms in total. The molecular formula is C9H13F3N4O2S. The molecule has 1 aromatic rings. The average Bonchev–Trinajstić information content (AvgIpc) is 2.34. The minimum absolute atomic E-state index is 0.0455. The van der Waals surface area contributed by atoms with Gasteiger partial charge >= 0.3 is 6.18 Å². The number of pyridine rings is 1. The molecule has 108 valence electrons. The van der Waals surface area contributed by atoms with Crippen molar-refractivity contribution in [2.24, 2.45) is 5.84 Å². The number of hydrogen-bond acceptors (Lipinski definition) is 5. The van der Waals surface area contributed by atoms with Gasteiger partial charge in [0.15, 0.2) is 0 Å². The molecule has 0 bridgehead atoms. The third-order valence-electron chi connectivity index (χ3n) is 2.23. The molecule has 0 saturated carbocycles. The summed E-state index contributed by atoms with van der Waals surface area (Å²) in [5.41, 5.74) is 2.13. The van der Waals surface area contributed by atoms with Crippen molar-refractivity contribution in [2.75, 3.05) is 18.5 Å². The van der Waals surface area contributed by atoms with Crippen LogP contribution < -0.4 is 11.3 Å². The Bertz CT molecular complexity index is 533. The molecule has 3 N–H and O–H groups in total. The number of halogens is 3. The SMILES string of the molecule is CCN(CC(F)(F)F)S(=O)(=O)c1ccnc(NN)c1. The van der Waals surface area contributed by atoms with Gasteiger partial charge in [-0.2, -0.15) is 17.5 Å². The Hall–Kier alpha value is -1.39. The van der Waals surface area contributed by atoms with Crippen molar-refractivity contribution in [3.63, 3.8) is 0 Å². The number of nitrogen functional groups attached to an aromatic ring is 1. The van der Waals surface area contributed by atoms with E-state index in [0.29, 0.717) is 4.31 Å². The highest BCUT2D eigenvalue weighted by atomic mass is 32.2. The lowest BCUT2D eigenvalue weighted by molar-refractivity contribution is -0.135. The molecule has 1 rings (SSSR count). The van der Waals surface area contributed by atoms with E-state index in [1.165, 1.54) is 6.92 Å². The molecule has 0 aromatic carbocycles. The third kappa shape index (κ3) is 4.04. The van der Waals surface area contributed by atoms with Crippen molar-refractivity contribution in [1.82, 2.24) is 9.29 Å². The Labute approximate surface area is 108 Å². The van der Waals surface area contributed by atoms with Gasteiger partial charge in [-0.1, -0.05) is 6.92 Å². The fourth-order valence-corrected chi connectivity index (χ4v) is 2.81. The van der Waals surface area contributed by atoms with E-state index in [1.54, 1.807) is 0 Å². The summed E-state index contributed by atoms with van der Waals surface area (Å²) in [5.74, 6) is 5.12. The number of hydrogen-bond donors (Lipinski definition) is 2. The second-order valence-corrected chi connectivity index (χ2v) is 5.51. The molecule has 0 spiro atoms. The number of nitrogens with two attached hydrogens (primary N) is 1. The first-order chi connectivity index (χ1) is 8.70. The van der Waals surface area contributed by atoms with E-state index in [2.05, 4.69) is 10.4 Å². The highest BCUT2D eigenvalue weighted by Crippen LogP contribution is 2.23. The Morgan fingerprint density at radius 3 is 2.58 bits per heavy atom. The summed E-state index contributed by atoms with van der Waals surface area (Å²) in [6.07, 6.45) is -3.46. The summed E-state index contributed by atoms with van der Waals surface area (Å²) in [6, 6.07) is 2.17. The number of nitrogens with zero attached hydrogens (tertiary/aromatic N) is 2. The zero-order valence-corrected chi connectivity index (χ0v) is 10.8. The minimum atomic E-state index is -4.61. The molecule has 10 heteroatoms. The first-order valence-corrected chi connectivity index (χ1v) is 6.64. The highest BCUT2D eigenvalue weighted by molar-refractivity contribution is 7.89. The van der Waals surface area contributed by atoms with Crippen molar-refractivity contribution >= 4 is 15.8 Å². The van der Waals surface area contributed by atoms with Crippen LogP contribution in [0.5, 0.6) is 0 Å². The van der Waals surface area contributed by atoms with Gasteiger partial charge in [0.2, 0.25) is 10.0 Å². The molecule has 1 heterocycles. The highest BCUT2D eigenvalue weighted by Gasteiger charge is 2.36. The lowest BCUT2D eigenvalue weighted by atomic mass is 10.5. The van der Waals surface area contributed by atoms with Crippen LogP contribution in [0.3, 0.4) is 0 Å². The lowest BCUT2D eigenvalue weighted by Crippen LogP contribution is -2.38. The summed E-state index contributed by atoms with van der Waals surface area (Å²) in [5, 5.41) is 0. The van der Waals surface area contributed by atoms with Gasteiger partial charge in [-0.05, 0) is 6.07 Å². The van der Waals surface area contributed by atoms with Gasteiger partial charge in [0.25, 0.3) is 0 Å².